The second-order valence-corrected chi connectivity index (χ2v) is 14.2. The van der Waals surface area contributed by atoms with E-state index in [-0.39, 0.29) is 18.5 Å². The van der Waals surface area contributed by atoms with Crippen LogP contribution >= 0.6 is 0 Å². The van der Waals surface area contributed by atoms with Crippen molar-refractivity contribution in [1.82, 2.24) is 39.2 Å². The van der Waals surface area contributed by atoms with Crippen molar-refractivity contribution in [3.63, 3.8) is 0 Å². The lowest BCUT2D eigenvalue weighted by Crippen LogP contribution is -2.43. The average Bonchev–Trinajstić information content (AvgIpc) is 3.15. The van der Waals surface area contributed by atoms with Crippen LogP contribution in [0.2, 0.25) is 0 Å². The minimum Gasteiger partial charge on any atom is -0.328 e. The molecule has 52 heavy (non-hydrogen) atoms. The molecule has 0 aromatic carbocycles. The summed E-state index contributed by atoms with van der Waals surface area (Å²) in [6.07, 6.45) is 11.0. The molecule has 2 saturated heterocycles. The molecule has 2 aliphatic heterocycles. The molecular formula is C41H57N9O2. The first-order valence-corrected chi connectivity index (χ1v) is 18.6. The van der Waals surface area contributed by atoms with Crippen molar-refractivity contribution in [2.45, 2.75) is 92.0 Å². The molecule has 0 saturated carbocycles. The average molecular weight is 708 g/mol. The van der Waals surface area contributed by atoms with Crippen LogP contribution in [0.15, 0.2) is 76.7 Å². The van der Waals surface area contributed by atoms with Crippen molar-refractivity contribution in [3.8, 4) is 0 Å². The second-order valence-electron chi connectivity index (χ2n) is 14.2. The summed E-state index contributed by atoms with van der Waals surface area (Å²) in [6, 6.07) is 16.1. The maximum atomic E-state index is 12.4. The van der Waals surface area contributed by atoms with Gasteiger partial charge in [0.2, 0.25) is 0 Å². The Kier molecular flexibility index (Phi) is 13.8. The highest BCUT2D eigenvalue weighted by Crippen LogP contribution is 2.15. The fourth-order valence-electron chi connectivity index (χ4n) is 7.03. The van der Waals surface area contributed by atoms with Crippen molar-refractivity contribution in [2.75, 3.05) is 39.3 Å². The highest BCUT2D eigenvalue weighted by Gasteiger charge is 2.19. The lowest BCUT2D eigenvalue weighted by molar-refractivity contribution is 0.191. The van der Waals surface area contributed by atoms with Gasteiger partial charge in [-0.2, -0.15) is 0 Å². The highest BCUT2D eigenvalue weighted by molar-refractivity contribution is 5.75. The van der Waals surface area contributed by atoms with Crippen molar-refractivity contribution in [2.24, 2.45) is 5.73 Å². The number of nitrogens with two attached hydrogens (primary N) is 1. The molecule has 7 rings (SSSR count). The Morgan fingerprint density at radius 3 is 1.69 bits per heavy atom. The van der Waals surface area contributed by atoms with Crippen LogP contribution in [0.3, 0.4) is 0 Å². The Labute approximate surface area is 307 Å². The number of pyridine rings is 5. The van der Waals surface area contributed by atoms with E-state index in [0.29, 0.717) is 25.2 Å². The smallest absolute Gasteiger partial charge is 0.251 e. The number of aryl methyl sites for hydroxylation is 3. The molecule has 0 spiro atoms. The van der Waals surface area contributed by atoms with Crippen LogP contribution in [0.1, 0.15) is 62.4 Å². The molecule has 11 heteroatoms. The van der Waals surface area contributed by atoms with Crippen molar-refractivity contribution >= 4 is 22.1 Å². The van der Waals surface area contributed by atoms with E-state index in [1.807, 2.05) is 53.7 Å². The molecule has 0 aliphatic carbocycles. The Hall–Kier alpha value is -4.29. The van der Waals surface area contributed by atoms with Crippen LogP contribution in [-0.2, 0) is 26.1 Å². The van der Waals surface area contributed by atoms with Gasteiger partial charge in [0.05, 0.1) is 27.8 Å². The number of aromatic nitrogens is 5. The van der Waals surface area contributed by atoms with E-state index in [2.05, 4.69) is 55.2 Å². The summed E-state index contributed by atoms with van der Waals surface area (Å²) in [4.78, 5) is 42.8. The van der Waals surface area contributed by atoms with Gasteiger partial charge in [0.25, 0.3) is 11.1 Å². The largest absolute Gasteiger partial charge is 0.328 e. The molecule has 278 valence electrons. The molecule has 5 aromatic heterocycles. The topological polar surface area (TPSA) is 127 Å². The number of hydrogen-bond donors (Lipinski definition) is 2. The van der Waals surface area contributed by atoms with E-state index >= 15 is 0 Å². The molecule has 5 aromatic rings. The zero-order chi connectivity index (χ0) is 35.7. The molecule has 0 amide bonds. The minimum atomic E-state index is 0. The first-order valence-electron chi connectivity index (χ1n) is 18.6. The Bertz CT molecular complexity index is 2010. The van der Waals surface area contributed by atoms with Gasteiger partial charge in [0.15, 0.2) is 0 Å². The summed E-state index contributed by atoms with van der Waals surface area (Å²) in [5.74, 6) is 0. The molecule has 3 N–H and O–H groups in total. The van der Waals surface area contributed by atoms with Crippen molar-refractivity contribution in [3.05, 3.63) is 110 Å². The Morgan fingerprint density at radius 1 is 0.692 bits per heavy atom. The monoisotopic (exact) mass is 707 g/mol. The quantitative estimate of drug-likeness (QED) is 0.213. The number of likely N-dealkylation sites (tertiary alicyclic amines) is 2. The molecule has 0 radical (unpaired) electrons. The lowest BCUT2D eigenvalue weighted by atomic mass is 10.0. The molecule has 0 atom stereocenters. The third-order valence-electron chi connectivity index (χ3n) is 10.3. The summed E-state index contributed by atoms with van der Waals surface area (Å²) in [6.45, 7) is 14.3. The fraction of sp³-hybridized carbons (Fsp3) is 0.488. The van der Waals surface area contributed by atoms with Crippen LogP contribution in [0.25, 0.3) is 22.1 Å². The number of piperidine rings is 2. The lowest BCUT2D eigenvalue weighted by Gasteiger charge is -2.32. The maximum Gasteiger partial charge on any atom is 0.251 e. The SMILES string of the molecule is C.CCc1ccc(CNC2CCN(CCn3c(=O)ccc4ncc(C)cc43)CC2)nc1.Cc1cnc2ccc(=O)n(CCN3CCC(N)CC3)c2c1. The fourth-order valence-corrected chi connectivity index (χ4v) is 7.03. The van der Waals surface area contributed by atoms with Crippen molar-refractivity contribution in [1.29, 1.82) is 0 Å². The number of rotatable bonds is 10. The molecule has 0 unspecified atom stereocenters. The summed E-state index contributed by atoms with van der Waals surface area (Å²) >= 11 is 0. The van der Waals surface area contributed by atoms with E-state index in [1.165, 1.54) is 5.56 Å². The van der Waals surface area contributed by atoms with E-state index < -0.39 is 0 Å². The van der Waals surface area contributed by atoms with Gasteiger partial charge >= 0.3 is 0 Å². The van der Waals surface area contributed by atoms with Gasteiger partial charge in [0.1, 0.15) is 0 Å². The number of nitrogens with zero attached hydrogens (tertiary/aromatic N) is 7. The van der Waals surface area contributed by atoms with Crippen LogP contribution < -0.4 is 22.2 Å². The van der Waals surface area contributed by atoms with Crippen LogP contribution in [0, 0.1) is 13.8 Å². The summed E-state index contributed by atoms with van der Waals surface area (Å²) in [5.41, 5.74) is 14.2. The van der Waals surface area contributed by atoms with Gasteiger partial charge < -0.3 is 30.0 Å². The second kappa shape index (κ2) is 18.5. The van der Waals surface area contributed by atoms with E-state index in [1.54, 1.807) is 18.2 Å². The normalized spacial score (nSPS) is 16.1. The number of nitrogens with one attached hydrogen (secondary N) is 1. The van der Waals surface area contributed by atoms with Crippen molar-refractivity contribution < 1.29 is 0 Å². The molecule has 11 nitrogen and oxygen atoms in total. The molecular weight excluding hydrogens is 651 g/mol. The highest BCUT2D eigenvalue weighted by atomic mass is 16.1. The van der Waals surface area contributed by atoms with Gasteiger partial charge in [0, 0.05) is 75.5 Å². The van der Waals surface area contributed by atoms with Gasteiger partial charge in [-0.3, -0.25) is 24.5 Å². The maximum absolute atomic E-state index is 12.4. The van der Waals surface area contributed by atoms with E-state index in [0.717, 1.165) is 117 Å². The zero-order valence-corrected chi connectivity index (χ0v) is 30.4. The third kappa shape index (κ3) is 10.2. The number of fused-ring (bicyclic) bond motifs is 2. The van der Waals surface area contributed by atoms with Gasteiger partial charge in [-0.1, -0.05) is 20.4 Å². The first kappa shape index (κ1) is 38.9. The van der Waals surface area contributed by atoms with Gasteiger partial charge in [-0.05, 0) is 119 Å². The summed E-state index contributed by atoms with van der Waals surface area (Å²) in [5, 5.41) is 3.66. The van der Waals surface area contributed by atoms with Crippen LogP contribution in [0.5, 0.6) is 0 Å². The standard InChI is InChI=1S/C24H31N5O.C16H22N4O.CH4/c1-3-19-4-5-21(25-16-19)17-26-20-8-10-28(11-9-20)12-13-29-23-14-18(2)15-27-22(23)6-7-24(29)30;1-12-10-15-14(18-11-12)2-3-16(21)20(15)9-8-19-6-4-13(17)5-7-19;/h4-7,14-16,20,26H,3,8-13,17H2,1-2H3;2-3,10-11,13H,4-9,17H2,1H3;1H4. The van der Waals surface area contributed by atoms with Crippen LogP contribution in [0.4, 0.5) is 0 Å². The third-order valence-corrected chi connectivity index (χ3v) is 10.3. The van der Waals surface area contributed by atoms with E-state index in [4.69, 9.17) is 5.73 Å². The predicted molar refractivity (Wildman–Crippen MR) is 212 cm³/mol. The van der Waals surface area contributed by atoms with Gasteiger partial charge in [-0.25, -0.2) is 0 Å². The van der Waals surface area contributed by atoms with Crippen LogP contribution in [-0.4, -0.2) is 85.2 Å². The Balaban J connectivity index is 0.000000209. The summed E-state index contributed by atoms with van der Waals surface area (Å²) < 4.78 is 3.70. The summed E-state index contributed by atoms with van der Waals surface area (Å²) in [7, 11) is 0. The predicted octanol–water partition coefficient (Wildman–Crippen LogP) is 4.68. The van der Waals surface area contributed by atoms with Gasteiger partial charge in [-0.15, -0.1) is 0 Å². The zero-order valence-electron chi connectivity index (χ0n) is 30.4. The minimum absolute atomic E-state index is 0. The Morgan fingerprint density at radius 2 is 1.21 bits per heavy atom. The molecule has 7 heterocycles. The molecule has 0 bridgehead atoms. The first-order chi connectivity index (χ1) is 24.7. The molecule has 2 fully saturated rings. The number of hydrogen-bond acceptors (Lipinski definition) is 9. The molecule has 2 aliphatic rings. The van der Waals surface area contributed by atoms with E-state index in [9.17, 15) is 9.59 Å².